The standard InChI is InChI=1S/C17H21N5O3/c1-9-5-11(19-13-12(9)14(23)21-16(25)20-13)15(24)22-7-10-3-2-4-17(22,6-10)8-18/h5,10H,2-4,6-8,18H2,1H3,(H2,19,20,21,23,25). The average Bonchev–Trinajstić information content (AvgIpc) is 2.83. The Morgan fingerprint density at radius 1 is 1.44 bits per heavy atom. The summed E-state index contributed by atoms with van der Waals surface area (Å²) in [6, 6.07) is 1.62. The Morgan fingerprint density at radius 3 is 3.00 bits per heavy atom. The first-order valence-corrected chi connectivity index (χ1v) is 8.59. The molecule has 25 heavy (non-hydrogen) atoms. The third-order valence-corrected chi connectivity index (χ3v) is 5.68. The number of aromatic nitrogens is 3. The maximum Gasteiger partial charge on any atom is 0.327 e. The van der Waals surface area contributed by atoms with Crippen LogP contribution >= 0.6 is 0 Å². The monoisotopic (exact) mass is 343 g/mol. The predicted octanol–water partition coefficient (Wildman–Crippen LogP) is 0.263. The molecule has 4 rings (SSSR count). The Labute approximate surface area is 143 Å². The summed E-state index contributed by atoms with van der Waals surface area (Å²) >= 11 is 0. The van der Waals surface area contributed by atoms with E-state index >= 15 is 0 Å². The van der Waals surface area contributed by atoms with Crippen molar-refractivity contribution in [3.63, 3.8) is 0 Å². The number of hydrogen-bond acceptors (Lipinski definition) is 5. The van der Waals surface area contributed by atoms with E-state index in [0.717, 1.165) is 25.7 Å². The highest BCUT2D eigenvalue weighted by molar-refractivity contribution is 5.95. The van der Waals surface area contributed by atoms with Crippen molar-refractivity contribution in [3.8, 4) is 0 Å². The topological polar surface area (TPSA) is 125 Å². The van der Waals surface area contributed by atoms with Crippen molar-refractivity contribution in [1.82, 2.24) is 19.9 Å². The van der Waals surface area contributed by atoms with Gasteiger partial charge in [-0.15, -0.1) is 0 Å². The summed E-state index contributed by atoms with van der Waals surface area (Å²) in [4.78, 5) is 47.5. The number of H-pyrrole nitrogens is 2. The average molecular weight is 343 g/mol. The van der Waals surface area contributed by atoms with Crippen LogP contribution in [0.1, 0.15) is 41.7 Å². The van der Waals surface area contributed by atoms with E-state index in [4.69, 9.17) is 5.73 Å². The number of nitrogens with two attached hydrogens (primary N) is 1. The number of fused-ring (bicyclic) bond motifs is 3. The minimum Gasteiger partial charge on any atom is -0.330 e. The molecule has 1 aliphatic heterocycles. The fourth-order valence-corrected chi connectivity index (χ4v) is 4.51. The molecule has 0 aromatic carbocycles. The number of nitrogens with one attached hydrogen (secondary N) is 2. The molecule has 4 N–H and O–H groups in total. The van der Waals surface area contributed by atoms with Gasteiger partial charge < -0.3 is 10.6 Å². The van der Waals surface area contributed by atoms with Crippen molar-refractivity contribution in [2.75, 3.05) is 13.1 Å². The van der Waals surface area contributed by atoms with E-state index in [2.05, 4.69) is 15.0 Å². The summed E-state index contributed by atoms with van der Waals surface area (Å²) in [6.45, 7) is 2.87. The van der Waals surface area contributed by atoms with E-state index < -0.39 is 11.2 Å². The quantitative estimate of drug-likeness (QED) is 0.721. The van der Waals surface area contributed by atoms with Crippen molar-refractivity contribution in [1.29, 1.82) is 0 Å². The molecular formula is C17H21N5O3. The highest BCUT2D eigenvalue weighted by Crippen LogP contribution is 2.43. The van der Waals surface area contributed by atoms with Crippen LogP contribution in [-0.4, -0.2) is 44.4 Å². The Balaban J connectivity index is 1.81. The van der Waals surface area contributed by atoms with E-state index in [1.165, 1.54) is 0 Å². The fraction of sp³-hybridized carbons (Fsp3) is 0.529. The van der Waals surface area contributed by atoms with Crippen LogP contribution in [0, 0.1) is 12.8 Å². The van der Waals surface area contributed by atoms with Gasteiger partial charge in [-0.25, -0.2) is 9.78 Å². The first-order valence-electron chi connectivity index (χ1n) is 8.59. The first kappa shape index (κ1) is 16.0. The van der Waals surface area contributed by atoms with Crippen LogP contribution in [0.25, 0.3) is 11.0 Å². The lowest BCUT2D eigenvalue weighted by Gasteiger charge is -2.38. The van der Waals surface area contributed by atoms with E-state index in [1.807, 2.05) is 4.90 Å². The van der Waals surface area contributed by atoms with Crippen LogP contribution in [0.5, 0.6) is 0 Å². The zero-order valence-corrected chi connectivity index (χ0v) is 14.1. The largest absolute Gasteiger partial charge is 0.330 e. The summed E-state index contributed by atoms with van der Waals surface area (Å²) in [5, 5.41) is 0.296. The second-order valence-electron chi connectivity index (χ2n) is 7.26. The smallest absolute Gasteiger partial charge is 0.327 e. The lowest BCUT2D eigenvalue weighted by molar-refractivity contribution is 0.0584. The summed E-state index contributed by atoms with van der Waals surface area (Å²) in [6.07, 6.45) is 4.06. The van der Waals surface area contributed by atoms with Crippen LogP contribution in [0.3, 0.4) is 0 Å². The molecule has 2 bridgehead atoms. The highest BCUT2D eigenvalue weighted by Gasteiger charge is 2.49. The van der Waals surface area contributed by atoms with Crippen molar-refractivity contribution < 1.29 is 4.79 Å². The maximum absolute atomic E-state index is 13.1. The number of aryl methyl sites for hydroxylation is 1. The van der Waals surface area contributed by atoms with Gasteiger partial charge in [0.1, 0.15) is 11.3 Å². The highest BCUT2D eigenvalue weighted by atomic mass is 16.2. The van der Waals surface area contributed by atoms with E-state index in [1.54, 1.807) is 13.0 Å². The molecule has 1 saturated heterocycles. The lowest BCUT2D eigenvalue weighted by Crippen LogP contribution is -2.52. The van der Waals surface area contributed by atoms with E-state index in [-0.39, 0.29) is 22.8 Å². The summed E-state index contributed by atoms with van der Waals surface area (Å²) < 4.78 is 0. The fourth-order valence-electron chi connectivity index (χ4n) is 4.51. The van der Waals surface area contributed by atoms with Crippen molar-refractivity contribution >= 4 is 16.9 Å². The third kappa shape index (κ3) is 2.39. The number of rotatable bonds is 2. The number of hydrogen-bond donors (Lipinski definition) is 3. The van der Waals surface area contributed by atoms with Crippen LogP contribution in [0.2, 0.25) is 0 Å². The molecule has 2 aromatic heterocycles. The van der Waals surface area contributed by atoms with Gasteiger partial charge in [0, 0.05) is 13.1 Å². The van der Waals surface area contributed by atoms with Crippen LogP contribution in [-0.2, 0) is 0 Å². The SMILES string of the molecule is Cc1cc(C(=O)N2CC3CCCC2(CN)C3)nc2[nH]c(=O)[nH]c(=O)c12. The minimum absolute atomic E-state index is 0.140. The molecule has 2 aliphatic rings. The second kappa shape index (κ2) is 5.52. The normalized spacial score (nSPS) is 25.5. The zero-order chi connectivity index (χ0) is 17.8. The minimum atomic E-state index is -0.635. The van der Waals surface area contributed by atoms with Gasteiger partial charge >= 0.3 is 5.69 Å². The summed E-state index contributed by atoms with van der Waals surface area (Å²) in [7, 11) is 0. The third-order valence-electron chi connectivity index (χ3n) is 5.68. The Kier molecular flexibility index (Phi) is 3.54. The van der Waals surface area contributed by atoms with Gasteiger partial charge in [0.25, 0.3) is 11.5 Å². The van der Waals surface area contributed by atoms with Gasteiger partial charge in [-0.05, 0) is 43.7 Å². The predicted molar refractivity (Wildman–Crippen MR) is 92.5 cm³/mol. The van der Waals surface area contributed by atoms with Gasteiger partial charge in [0.15, 0.2) is 0 Å². The van der Waals surface area contributed by atoms with Crippen LogP contribution in [0.4, 0.5) is 0 Å². The Hall–Kier alpha value is -2.48. The molecular weight excluding hydrogens is 322 g/mol. The summed E-state index contributed by atoms with van der Waals surface area (Å²) in [5.74, 6) is 0.312. The number of amides is 1. The molecule has 2 aromatic rings. The Morgan fingerprint density at radius 2 is 2.24 bits per heavy atom. The van der Waals surface area contributed by atoms with Crippen molar-refractivity contribution in [2.45, 2.75) is 38.1 Å². The molecule has 1 saturated carbocycles. The molecule has 3 heterocycles. The molecule has 0 spiro atoms. The molecule has 2 unspecified atom stereocenters. The molecule has 8 heteroatoms. The van der Waals surface area contributed by atoms with Gasteiger partial charge in [-0.1, -0.05) is 6.42 Å². The number of aromatic amines is 2. The first-order chi connectivity index (χ1) is 11.9. The van der Waals surface area contributed by atoms with Gasteiger partial charge in [-0.3, -0.25) is 19.6 Å². The molecule has 1 amide bonds. The second-order valence-corrected chi connectivity index (χ2v) is 7.26. The van der Waals surface area contributed by atoms with Gasteiger partial charge in [0.2, 0.25) is 0 Å². The van der Waals surface area contributed by atoms with Crippen LogP contribution in [0.15, 0.2) is 15.7 Å². The number of pyridine rings is 1. The zero-order valence-electron chi connectivity index (χ0n) is 14.1. The molecule has 132 valence electrons. The van der Waals surface area contributed by atoms with E-state index in [9.17, 15) is 14.4 Å². The van der Waals surface area contributed by atoms with E-state index in [0.29, 0.717) is 30.0 Å². The lowest BCUT2D eigenvalue weighted by atomic mass is 9.80. The Bertz CT molecular complexity index is 978. The molecule has 2 atom stereocenters. The number of likely N-dealkylation sites (tertiary alicyclic amines) is 1. The molecule has 8 nitrogen and oxygen atoms in total. The van der Waals surface area contributed by atoms with Crippen molar-refractivity contribution in [3.05, 3.63) is 38.2 Å². The number of nitrogens with zero attached hydrogens (tertiary/aromatic N) is 2. The molecule has 1 aliphatic carbocycles. The van der Waals surface area contributed by atoms with Gasteiger partial charge in [-0.2, -0.15) is 0 Å². The summed E-state index contributed by atoms with van der Waals surface area (Å²) in [5.41, 5.74) is 5.60. The van der Waals surface area contributed by atoms with Gasteiger partial charge in [0.05, 0.1) is 10.9 Å². The van der Waals surface area contributed by atoms with Crippen molar-refractivity contribution in [2.24, 2.45) is 11.7 Å². The number of carbonyl (C=O) groups is 1. The van der Waals surface area contributed by atoms with Crippen LogP contribution < -0.4 is 17.0 Å². The molecule has 0 radical (unpaired) electrons. The molecule has 2 fully saturated rings. The number of carbonyl (C=O) groups excluding carboxylic acids is 1. The maximum atomic E-state index is 13.1.